The first-order chi connectivity index (χ1) is 16.5. The number of aromatic amines is 1. The zero-order valence-electron chi connectivity index (χ0n) is 19.2. The molecule has 4 aromatic rings. The van der Waals surface area contributed by atoms with E-state index in [2.05, 4.69) is 10.1 Å². The molecule has 1 atom stereocenters. The third kappa shape index (κ3) is 4.39. The van der Waals surface area contributed by atoms with Gasteiger partial charge in [0, 0.05) is 23.5 Å². The van der Waals surface area contributed by atoms with Gasteiger partial charge in [-0.25, -0.2) is 0 Å². The summed E-state index contributed by atoms with van der Waals surface area (Å²) in [7, 11) is 1.61. The number of aryl methyl sites for hydroxylation is 1. The van der Waals surface area contributed by atoms with E-state index in [-0.39, 0.29) is 24.4 Å². The summed E-state index contributed by atoms with van der Waals surface area (Å²) in [5.41, 5.74) is 3.10. The van der Waals surface area contributed by atoms with Crippen LogP contribution in [0.1, 0.15) is 27.5 Å². The van der Waals surface area contributed by atoms with Crippen LogP contribution in [0.25, 0.3) is 10.9 Å². The van der Waals surface area contributed by atoms with Gasteiger partial charge in [0.2, 0.25) is 5.91 Å². The fourth-order valence-electron chi connectivity index (χ4n) is 4.50. The number of aromatic nitrogens is 2. The lowest BCUT2D eigenvalue weighted by molar-refractivity contribution is -0.139. The lowest BCUT2D eigenvalue weighted by Crippen LogP contribution is -2.58. The molecule has 1 aliphatic rings. The van der Waals surface area contributed by atoms with E-state index < -0.39 is 0 Å². The van der Waals surface area contributed by atoms with E-state index in [1.165, 1.54) is 0 Å². The van der Waals surface area contributed by atoms with Crippen LogP contribution in [0, 0.1) is 6.92 Å². The number of nitrogens with zero attached hydrogens (tertiary/aromatic N) is 3. The maximum absolute atomic E-state index is 13.4. The van der Waals surface area contributed by atoms with Gasteiger partial charge in [-0.1, -0.05) is 35.5 Å². The Labute approximate surface area is 197 Å². The van der Waals surface area contributed by atoms with Crippen LogP contribution in [0.4, 0.5) is 0 Å². The Kier molecular flexibility index (Phi) is 5.79. The molecule has 1 aliphatic heterocycles. The molecule has 3 heterocycles. The van der Waals surface area contributed by atoms with E-state index in [0.29, 0.717) is 36.7 Å². The summed E-state index contributed by atoms with van der Waals surface area (Å²) in [6, 6.07) is 19.1. The quantitative estimate of drug-likeness (QED) is 0.477. The van der Waals surface area contributed by atoms with Crippen molar-refractivity contribution in [1.82, 2.24) is 19.9 Å². The number of nitrogens with one attached hydrogen (secondary N) is 1. The van der Waals surface area contributed by atoms with E-state index in [1.807, 2.05) is 66.4 Å². The first-order valence-corrected chi connectivity index (χ1v) is 11.2. The minimum absolute atomic E-state index is 0.0135. The number of ether oxygens (including phenoxy) is 1. The zero-order chi connectivity index (χ0) is 23.7. The number of hydrogen-bond acceptors (Lipinski definition) is 5. The smallest absolute Gasteiger partial charge is 0.270 e. The highest BCUT2D eigenvalue weighted by Crippen LogP contribution is 2.24. The molecule has 2 amide bonds. The number of hydrogen-bond donors (Lipinski definition) is 1. The predicted molar refractivity (Wildman–Crippen MR) is 126 cm³/mol. The Morgan fingerprint density at radius 2 is 2.00 bits per heavy atom. The summed E-state index contributed by atoms with van der Waals surface area (Å²) in [6.07, 6.45) is 0.636. The topological polar surface area (TPSA) is 91.7 Å². The van der Waals surface area contributed by atoms with Crippen molar-refractivity contribution >= 4 is 22.7 Å². The van der Waals surface area contributed by atoms with Crippen molar-refractivity contribution in [3.63, 3.8) is 0 Å². The molecule has 0 saturated carbocycles. The average molecular weight is 459 g/mol. The summed E-state index contributed by atoms with van der Waals surface area (Å²) in [5, 5.41) is 4.95. The lowest BCUT2D eigenvalue weighted by atomic mass is 10.0. The molecule has 34 heavy (non-hydrogen) atoms. The fourth-order valence-corrected chi connectivity index (χ4v) is 4.50. The molecule has 2 aromatic carbocycles. The van der Waals surface area contributed by atoms with Crippen LogP contribution in [0.15, 0.2) is 65.2 Å². The van der Waals surface area contributed by atoms with Crippen LogP contribution in [-0.2, 0) is 17.8 Å². The van der Waals surface area contributed by atoms with E-state index in [1.54, 1.807) is 18.1 Å². The summed E-state index contributed by atoms with van der Waals surface area (Å²) >= 11 is 0. The number of carbonyl (C=O) groups is 2. The molecule has 0 radical (unpaired) electrons. The Balaban J connectivity index is 1.40. The standard InChI is InChI=1S/C26H26N4O4/c1-17-10-20(28-34-17)14-30-21(11-18-6-4-3-5-7-18)15-29(16-25(30)31)26(32)24-13-19-12-22(33-2)8-9-23(19)27-24/h3-10,12-13,21,27H,11,14-16H2,1-2H3/t21-/m0/s1. The largest absolute Gasteiger partial charge is 0.497 e. The van der Waals surface area contributed by atoms with E-state index in [0.717, 1.165) is 22.2 Å². The van der Waals surface area contributed by atoms with Gasteiger partial charge in [-0.05, 0) is 43.2 Å². The molecule has 8 nitrogen and oxygen atoms in total. The van der Waals surface area contributed by atoms with Gasteiger partial charge in [-0.15, -0.1) is 0 Å². The molecule has 0 unspecified atom stereocenters. The molecule has 174 valence electrons. The Morgan fingerprint density at radius 3 is 2.74 bits per heavy atom. The van der Waals surface area contributed by atoms with Crippen LogP contribution in [0.3, 0.4) is 0 Å². The van der Waals surface area contributed by atoms with Crippen LogP contribution in [0.2, 0.25) is 0 Å². The van der Waals surface area contributed by atoms with Gasteiger partial charge in [0.15, 0.2) is 0 Å². The molecular weight excluding hydrogens is 432 g/mol. The minimum atomic E-state index is -0.196. The van der Waals surface area contributed by atoms with Crippen LogP contribution in [0.5, 0.6) is 5.75 Å². The summed E-state index contributed by atoms with van der Waals surface area (Å²) in [4.78, 5) is 33.3. The minimum Gasteiger partial charge on any atom is -0.497 e. The molecule has 1 saturated heterocycles. The second-order valence-electron chi connectivity index (χ2n) is 8.62. The number of carbonyl (C=O) groups excluding carboxylic acids is 2. The predicted octanol–water partition coefficient (Wildman–Crippen LogP) is 3.57. The van der Waals surface area contributed by atoms with Crippen molar-refractivity contribution in [3.05, 3.63) is 83.4 Å². The van der Waals surface area contributed by atoms with Crippen molar-refractivity contribution in [2.75, 3.05) is 20.2 Å². The van der Waals surface area contributed by atoms with Gasteiger partial charge in [0.05, 0.1) is 19.7 Å². The summed E-state index contributed by atoms with van der Waals surface area (Å²) < 4.78 is 10.5. The van der Waals surface area contributed by atoms with Crippen molar-refractivity contribution in [3.8, 4) is 5.75 Å². The molecule has 1 N–H and O–H groups in total. The summed E-state index contributed by atoms with van der Waals surface area (Å²) in [5.74, 6) is 1.11. The molecule has 5 rings (SSSR count). The van der Waals surface area contributed by atoms with Crippen molar-refractivity contribution in [2.45, 2.75) is 25.9 Å². The van der Waals surface area contributed by atoms with Crippen LogP contribution < -0.4 is 4.74 Å². The van der Waals surface area contributed by atoms with Crippen molar-refractivity contribution < 1.29 is 18.8 Å². The molecule has 1 fully saturated rings. The van der Waals surface area contributed by atoms with Crippen LogP contribution >= 0.6 is 0 Å². The van der Waals surface area contributed by atoms with Gasteiger partial charge < -0.3 is 24.0 Å². The molecule has 2 aromatic heterocycles. The highest BCUT2D eigenvalue weighted by Gasteiger charge is 2.36. The van der Waals surface area contributed by atoms with Gasteiger partial charge in [0.25, 0.3) is 5.91 Å². The third-order valence-electron chi connectivity index (χ3n) is 6.19. The first-order valence-electron chi connectivity index (χ1n) is 11.2. The first kappa shape index (κ1) is 21.8. The highest BCUT2D eigenvalue weighted by molar-refractivity contribution is 6.00. The zero-order valence-corrected chi connectivity index (χ0v) is 19.2. The second kappa shape index (κ2) is 9.05. The molecule has 0 aliphatic carbocycles. The van der Waals surface area contributed by atoms with Gasteiger partial charge in [0.1, 0.15) is 29.4 Å². The van der Waals surface area contributed by atoms with E-state index in [9.17, 15) is 9.59 Å². The molecule has 8 heteroatoms. The second-order valence-corrected chi connectivity index (χ2v) is 8.62. The Morgan fingerprint density at radius 1 is 1.18 bits per heavy atom. The highest BCUT2D eigenvalue weighted by atomic mass is 16.5. The number of H-pyrrole nitrogens is 1. The lowest BCUT2D eigenvalue weighted by Gasteiger charge is -2.40. The molecule has 0 spiro atoms. The average Bonchev–Trinajstić information content (AvgIpc) is 3.46. The van der Waals surface area contributed by atoms with E-state index in [4.69, 9.17) is 9.26 Å². The number of piperazine rings is 1. The molecular formula is C26H26N4O4. The van der Waals surface area contributed by atoms with Gasteiger partial charge in [-0.3, -0.25) is 9.59 Å². The maximum atomic E-state index is 13.4. The number of rotatable bonds is 6. The third-order valence-corrected chi connectivity index (χ3v) is 6.19. The van der Waals surface area contributed by atoms with Crippen molar-refractivity contribution in [2.24, 2.45) is 0 Å². The fraction of sp³-hybridized carbons (Fsp3) is 0.269. The van der Waals surface area contributed by atoms with Crippen LogP contribution in [-0.4, -0.2) is 58.0 Å². The summed E-state index contributed by atoms with van der Waals surface area (Å²) in [6.45, 7) is 2.61. The Bertz CT molecular complexity index is 1330. The van der Waals surface area contributed by atoms with Crippen molar-refractivity contribution in [1.29, 1.82) is 0 Å². The maximum Gasteiger partial charge on any atom is 0.270 e. The Hall–Kier alpha value is -4.07. The number of methoxy groups -OCH3 is 1. The number of fused-ring (bicyclic) bond motifs is 1. The van der Waals surface area contributed by atoms with Gasteiger partial charge >= 0.3 is 0 Å². The SMILES string of the molecule is COc1ccc2[nH]c(C(=O)N3CC(=O)N(Cc4cc(C)on4)[C@@H](Cc4ccccc4)C3)cc2c1. The monoisotopic (exact) mass is 458 g/mol. The molecule has 0 bridgehead atoms. The normalized spacial score (nSPS) is 16.3. The van der Waals surface area contributed by atoms with Gasteiger partial charge in [-0.2, -0.15) is 0 Å². The number of amides is 2. The number of benzene rings is 2. The van der Waals surface area contributed by atoms with E-state index >= 15 is 0 Å².